The number of nitro benzene ring substituents is 1. The highest BCUT2D eigenvalue weighted by atomic mass is 32.2. The second kappa shape index (κ2) is 8.11. The fourth-order valence-corrected chi connectivity index (χ4v) is 2.22. The largest absolute Gasteiger partial charge is 0.446 e. The first-order valence-corrected chi connectivity index (χ1v) is 7.79. The molecule has 0 spiro atoms. The number of thioether (sulfide) groups is 1. The highest BCUT2D eigenvalue weighted by Gasteiger charge is 2.15. The van der Waals surface area contributed by atoms with Crippen LogP contribution in [0.15, 0.2) is 24.3 Å². The molecule has 0 bridgehead atoms. The Balaban J connectivity index is 2.02. The van der Waals surface area contributed by atoms with Crippen molar-refractivity contribution in [3.05, 3.63) is 39.9 Å². The number of nitro groups is 1. The highest BCUT2D eigenvalue weighted by molar-refractivity contribution is 7.99. The van der Waals surface area contributed by atoms with Gasteiger partial charge in [-0.2, -0.15) is 0 Å². The van der Waals surface area contributed by atoms with Gasteiger partial charge in [0.05, 0.1) is 22.0 Å². The lowest BCUT2D eigenvalue weighted by Crippen LogP contribution is -2.17. The third-order valence-corrected chi connectivity index (χ3v) is 3.53. The smallest absolute Gasteiger partial charge is 0.339 e. The Morgan fingerprint density at radius 2 is 1.95 bits per heavy atom. The zero-order valence-electron chi connectivity index (χ0n) is 11.7. The van der Waals surface area contributed by atoms with Crippen LogP contribution in [0.5, 0.6) is 0 Å². The maximum atomic E-state index is 12.0. The Morgan fingerprint density at radius 3 is 2.68 bits per heavy atom. The number of ether oxygens (including phenoxy) is 1. The molecule has 1 atom stereocenters. The number of hydrogen-bond donors (Lipinski definition) is 0. The zero-order chi connectivity index (χ0) is 15.8. The minimum atomic E-state index is -0.535. The second-order valence-corrected chi connectivity index (χ2v) is 5.39. The van der Waals surface area contributed by atoms with E-state index >= 15 is 0 Å². The average molecular weight is 315 g/mol. The standard InChI is InChI=1S/C16H13NO4S/c18-16(13-7-9-14(10-8-13)17(19)20)21-15-5-2-1-3-11-22-12-4-6-15/h7-10,15H,2,5,11-12H2. The number of benzene rings is 1. The molecule has 0 radical (unpaired) electrons. The monoisotopic (exact) mass is 315 g/mol. The van der Waals surface area contributed by atoms with E-state index in [0.29, 0.717) is 18.6 Å². The Hall–Kier alpha value is -2.44. The van der Waals surface area contributed by atoms with Crippen LogP contribution in [0.3, 0.4) is 0 Å². The van der Waals surface area contributed by atoms with Gasteiger partial charge in [-0.15, -0.1) is 17.7 Å². The lowest BCUT2D eigenvalue weighted by molar-refractivity contribution is -0.384. The molecule has 2 rings (SSSR count). The second-order valence-electron chi connectivity index (χ2n) is 4.40. The number of rotatable bonds is 3. The van der Waals surface area contributed by atoms with Crippen molar-refractivity contribution in [3.63, 3.8) is 0 Å². The van der Waals surface area contributed by atoms with Crippen LogP contribution in [0.2, 0.25) is 0 Å². The maximum Gasteiger partial charge on any atom is 0.339 e. The summed E-state index contributed by atoms with van der Waals surface area (Å²) in [5.74, 6) is 12.8. The minimum Gasteiger partial charge on any atom is -0.446 e. The molecule has 1 aliphatic heterocycles. The summed E-state index contributed by atoms with van der Waals surface area (Å²) in [5.41, 5.74) is 0.201. The van der Waals surface area contributed by atoms with E-state index in [4.69, 9.17) is 4.74 Å². The van der Waals surface area contributed by atoms with Crippen molar-refractivity contribution in [2.45, 2.75) is 18.9 Å². The van der Waals surface area contributed by atoms with Crippen molar-refractivity contribution in [3.8, 4) is 23.7 Å². The summed E-state index contributed by atoms with van der Waals surface area (Å²) in [6, 6.07) is 5.31. The SMILES string of the molecule is O=C(OC1C#CCSCC#CCC1)c1ccc([N+](=O)[O-])cc1. The average Bonchev–Trinajstić information content (AvgIpc) is 2.53. The van der Waals surface area contributed by atoms with Crippen molar-refractivity contribution >= 4 is 23.4 Å². The predicted molar refractivity (Wildman–Crippen MR) is 84.4 cm³/mol. The topological polar surface area (TPSA) is 69.4 Å². The van der Waals surface area contributed by atoms with Crippen LogP contribution in [-0.4, -0.2) is 28.5 Å². The molecule has 0 aromatic heterocycles. The molecule has 0 saturated heterocycles. The zero-order valence-corrected chi connectivity index (χ0v) is 12.5. The summed E-state index contributed by atoms with van der Waals surface area (Å²) in [6.45, 7) is 0. The molecule has 22 heavy (non-hydrogen) atoms. The molecule has 1 aromatic rings. The Labute approximate surface area is 132 Å². The van der Waals surface area contributed by atoms with Crippen LogP contribution < -0.4 is 0 Å². The van der Waals surface area contributed by atoms with Crippen LogP contribution in [0.1, 0.15) is 23.2 Å². The van der Waals surface area contributed by atoms with Gasteiger partial charge in [-0.1, -0.05) is 17.8 Å². The fraction of sp³-hybridized carbons (Fsp3) is 0.312. The predicted octanol–water partition coefficient (Wildman–Crippen LogP) is 2.65. The summed E-state index contributed by atoms with van der Waals surface area (Å²) in [7, 11) is 0. The van der Waals surface area contributed by atoms with Crippen molar-refractivity contribution in [2.24, 2.45) is 0 Å². The van der Waals surface area contributed by atoms with Gasteiger partial charge in [-0.25, -0.2) is 4.79 Å². The van der Waals surface area contributed by atoms with Crippen molar-refractivity contribution in [1.82, 2.24) is 0 Å². The van der Waals surface area contributed by atoms with Gasteiger partial charge in [-0.05, 0) is 12.1 Å². The minimum absolute atomic E-state index is 0.0673. The summed E-state index contributed by atoms with van der Waals surface area (Å²) in [6.07, 6.45) is 0.673. The first kappa shape index (κ1) is 15.9. The van der Waals surface area contributed by atoms with Gasteiger partial charge in [0, 0.05) is 25.0 Å². The van der Waals surface area contributed by atoms with Gasteiger partial charge in [0.25, 0.3) is 5.69 Å². The third kappa shape index (κ3) is 4.83. The Morgan fingerprint density at radius 1 is 1.23 bits per heavy atom. The van der Waals surface area contributed by atoms with E-state index < -0.39 is 17.0 Å². The van der Waals surface area contributed by atoms with Crippen molar-refractivity contribution in [1.29, 1.82) is 0 Å². The number of nitrogens with zero attached hydrogens (tertiary/aromatic N) is 1. The van der Waals surface area contributed by atoms with Crippen LogP contribution >= 0.6 is 11.8 Å². The Bertz CT molecular complexity index is 676. The molecular weight excluding hydrogens is 302 g/mol. The third-order valence-electron chi connectivity index (χ3n) is 2.83. The number of carbonyl (C=O) groups is 1. The first-order valence-electron chi connectivity index (χ1n) is 6.64. The van der Waals surface area contributed by atoms with Crippen LogP contribution in [0.4, 0.5) is 5.69 Å². The van der Waals surface area contributed by atoms with Crippen LogP contribution in [-0.2, 0) is 4.74 Å². The maximum absolute atomic E-state index is 12.0. The molecule has 0 fully saturated rings. The lowest BCUT2D eigenvalue weighted by atomic mass is 10.2. The normalized spacial score (nSPS) is 17.2. The molecule has 6 heteroatoms. The van der Waals surface area contributed by atoms with E-state index in [1.165, 1.54) is 24.3 Å². The van der Waals surface area contributed by atoms with E-state index in [-0.39, 0.29) is 11.3 Å². The van der Waals surface area contributed by atoms with Gasteiger partial charge >= 0.3 is 5.97 Å². The molecule has 1 aliphatic rings. The van der Waals surface area contributed by atoms with Crippen molar-refractivity contribution < 1.29 is 14.5 Å². The lowest BCUT2D eigenvalue weighted by Gasteiger charge is -2.11. The quantitative estimate of drug-likeness (QED) is 0.371. The van der Waals surface area contributed by atoms with E-state index in [1.807, 2.05) is 0 Å². The van der Waals surface area contributed by atoms with E-state index in [9.17, 15) is 14.9 Å². The number of hydrogen-bond acceptors (Lipinski definition) is 5. The number of carbonyl (C=O) groups excluding carboxylic acids is 1. The highest BCUT2D eigenvalue weighted by Crippen LogP contribution is 2.14. The molecular formula is C16H13NO4S. The number of non-ortho nitro benzene ring substituents is 1. The first-order chi connectivity index (χ1) is 10.7. The van der Waals surface area contributed by atoms with Gasteiger partial charge < -0.3 is 4.74 Å². The van der Waals surface area contributed by atoms with E-state index in [1.54, 1.807) is 11.8 Å². The van der Waals surface area contributed by atoms with Gasteiger partial charge in [0.2, 0.25) is 0 Å². The molecule has 0 amide bonds. The summed E-state index contributed by atoms with van der Waals surface area (Å²) in [5, 5.41) is 10.6. The summed E-state index contributed by atoms with van der Waals surface area (Å²) in [4.78, 5) is 22.1. The van der Waals surface area contributed by atoms with Crippen LogP contribution in [0.25, 0.3) is 0 Å². The Kier molecular flexibility index (Phi) is 5.88. The van der Waals surface area contributed by atoms with E-state index in [2.05, 4.69) is 23.7 Å². The molecule has 0 aliphatic carbocycles. The molecule has 1 heterocycles. The van der Waals surface area contributed by atoms with Gasteiger partial charge in [0.15, 0.2) is 6.10 Å². The molecule has 1 unspecified atom stereocenters. The summed E-state index contributed by atoms with van der Waals surface area (Å²) < 4.78 is 5.35. The van der Waals surface area contributed by atoms with Crippen molar-refractivity contribution in [2.75, 3.05) is 11.5 Å². The molecule has 0 saturated carbocycles. The molecule has 112 valence electrons. The molecule has 1 aromatic carbocycles. The molecule has 5 nitrogen and oxygen atoms in total. The van der Waals surface area contributed by atoms with Gasteiger partial charge in [0.1, 0.15) is 0 Å². The number of esters is 1. The van der Waals surface area contributed by atoms with Gasteiger partial charge in [-0.3, -0.25) is 10.1 Å². The van der Waals surface area contributed by atoms with E-state index in [0.717, 1.165) is 5.75 Å². The summed E-state index contributed by atoms with van der Waals surface area (Å²) >= 11 is 1.62. The fourth-order valence-electron chi connectivity index (χ4n) is 1.73. The molecule has 0 N–H and O–H groups in total. The van der Waals surface area contributed by atoms with Crippen LogP contribution in [0, 0.1) is 33.8 Å².